The SMILES string of the molecule is CC(C)n1cc(S(=O)(=O)N2CCC(Nc3ncc4c(n3)N(C3CCCC3)C(=O)C(C)(C)O4)CC2)cn1. The molecule has 0 radical (unpaired) electrons. The van der Waals surface area contributed by atoms with E-state index in [1.54, 1.807) is 30.9 Å². The van der Waals surface area contributed by atoms with Gasteiger partial charge in [0.15, 0.2) is 17.2 Å². The zero-order chi connectivity index (χ0) is 25.7. The van der Waals surface area contributed by atoms with Gasteiger partial charge in [-0.1, -0.05) is 12.8 Å². The number of hydrogen-bond donors (Lipinski definition) is 1. The molecule has 1 amide bonds. The number of fused-ring (bicyclic) bond motifs is 1. The van der Waals surface area contributed by atoms with E-state index in [0.717, 1.165) is 25.7 Å². The van der Waals surface area contributed by atoms with Crippen molar-refractivity contribution in [1.29, 1.82) is 0 Å². The molecular weight excluding hydrogens is 482 g/mol. The molecule has 1 saturated heterocycles. The average molecular weight is 518 g/mol. The van der Waals surface area contributed by atoms with Crippen LogP contribution in [0, 0.1) is 0 Å². The summed E-state index contributed by atoms with van der Waals surface area (Å²) in [6.45, 7) is 8.26. The Bertz CT molecular complexity index is 1230. The molecule has 0 bridgehead atoms. The second-order valence-corrected chi connectivity index (χ2v) is 12.6. The number of rotatable bonds is 6. The van der Waals surface area contributed by atoms with Crippen molar-refractivity contribution in [3.8, 4) is 5.75 Å². The van der Waals surface area contributed by atoms with E-state index in [-0.39, 0.29) is 28.9 Å². The molecule has 3 aliphatic rings. The summed E-state index contributed by atoms with van der Waals surface area (Å²) in [6, 6.07) is 0.233. The highest BCUT2D eigenvalue weighted by Crippen LogP contribution is 2.40. The van der Waals surface area contributed by atoms with Crippen LogP contribution in [0.5, 0.6) is 5.75 Å². The molecular formula is C24H35N7O4S. The third kappa shape index (κ3) is 4.56. The zero-order valence-corrected chi connectivity index (χ0v) is 22.2. The molecule has 0 spiro atoms. The molecule has 0 aromatic carbocycles. The minimum atomic E-state index is -3.59. The molecule has 4 heterocycles. The van der Waals surface area contributed by atoms with Gasteiger partial charge in [-0.2, -0.15) is 14.4 Å². The van der Waals surface area contributed by atoms with Gasteiger partial charge in [0.05, 0.1) is 12.4 Å². The zero-order valence-electron chi connectivity index (χ0n) is 21.3. The topological polar surface area (TPSA) is 123 Å². The van der Waals surface area contributed by atoms with Crippen molar-refractivity contribution in [2.45, 2.75) is 94.8 Å². The van der Waals surface area contributed by atoms with Crippen LogP contribution in [0.3, 0.4) is 0 Å². The first-order chi connectivity index (χ1) is 17.1. The summed E-state index contributed by atoms with van der Waals surface area (Å²) in [5, 5.41) is 7.53. The van der Waals surface area contributed by atoms with E-state index in [1.165, 1.54) is 10.5 Å². The fraction of sp³-hybridized carbons (Fsp3) is 0.667. The lowest BCUT2D eigenvalue weighted by Gasteiger charge is -2.40. The summed E-state index contributed by atoms with van der Waals surface area (Å²) in [4.78, 5) is 24.4. The molecule has 2 fully saturated rings. The Balaban J connectivity index is 1.28. The number of amides is 1. The van der Waals surface area contributed by atoms with E-state index in [1.807, 2.05) is 18.7 Å². The van der Waals surface area contributed by atoms with Crippen molar-refractivity contribution in [3.63, 3.8) is 0 Å². The van der Waals surface area contributed by atoms with Crippen LogP contribution in [0.25, 0.3) is 0 Å². The number of aromatic nitrogens is 4. The Morgan fingerprint density at radius 2 is 1.81 bits per heavy atom. The average Bonchev–Trinajstić information content (AvgIpc) is 3.54. The van der Waals surface area contributed by atoms with Gasteiger partial charge in [-0.3, -0.25) is 14.4 Å². The summed E-state index contributed by atoms with van der Waals surface area (Å²) in [5.74, 6) is 1.38. The summed E-state index contributed by atoms with van der Waals surface area (Å²) in [5.41, 5.74) is -0.960. The molecule has 1 saturated carbocycles. The molecule has 12 heteroatoms. The van der Waals surface area contributed by atoms with Crippen molar-refractivity contribution in [3.05, 3.63) is 18.6 Å². The van der Waals surface area contributed by atoms with Crippen LogP contribution in [0.1, 0.15) is 72.3 Å². The highest BCUT2D eigenvalue weighted by Gasteiger charge is 2.45. The number of nitrogens with zero attached hydrogens (tertiary/aromatic N) is 6. The number of carbonyl (C=O) groups excluding carboxylic acids is 1. The lowest BCUT2D eigenvalue weighted by Crippen LogP contribution is -2.56. The third-order valence-corrected chi connectivity index (χ3v) is 9.14. The van der Waals surface area contributed by atoms with Gasteiger partial charge in [-0.05, 0) is 53.4 Å². The molecule has 1 aliphatic carbocycles. The highest BCUT2D eigenvalue weighted by molar-refractivity contribution is 7.89. The molecule has 2 aliphatic heterocycles. The molecule has 0 atom stereocenters. The van der Waals surface area contributed by atoms with E-state index < -0.39 is 15.6 Å². The Labute approximate surface area is 212 Å². The Hall–Kier alpha value is -2.73. The predicted molar refractivity (Wildman–Crippen MR) is 134 cm³/mol. The van der Waals surface area contributed by atoms with Crippen LogP contribution in [-0.2, 0) is 14.8 Å². The van der Waals surface area contributed by atoms with Crippen LogP contribution in [0.2, 0.25) is 0 Å². The Kier molecular flexibility index (Phi) is 6.44. The van der Waals surface area contributed by atoms with Gasteiger partial charge in [0, 0.05) is 37.4 Å². The van der Waals surface area contributed by atoms with Crippen LogP contribution < -0.4 is 15.0 Å². The third-order valence-electron chi connectivity index (χ3n) is 7.29. The van der Waals surface area contributed by atoms with E-state index >= 15 is 0 Å². The number of anilines is 2. The standard InChI is InChI=1S/C24H35N7O4S/c1-16(2)30-15-19(13-26-30)36(33,34)29-11-9-17(10-12-29)27-23-25-14-20-21(28-23)31(18-7-5-6-8-18)22(32)24(3,4)35-20/h13-18H,5-12H2,1-4H3,(H,25,27,28). The van der Waals surface area contributed by atoms with Crippen molar-refractivity contribution in [2.75, 3.05) is 23.3 Å². The smallest absolute Gasteiger partial charge is 0.272 e. The maximum atomic E-state index is 13.2. The van der Waals surface area contributed by atoms with Crippen LogP contribution in [-0.4, -0.2) is 69.2 Å². The molecule has 2 aromatic heterocycles. The molecule has 196 valence electrons. The van der Waals surface area contributed by atoms with Crippen molar-refractivity contribution in [2.24, 2.45) is 0 Å². The van der Waals surface area contributed by atoms with Crippen molar-refractivity contribution in [1.82, 2.24) is 24.1 Å². The minimum absolute atomic E-state index is 0.0180. The van der Waals surface area contributed by atoms with Gasteiger partial charge in [0.25, 0.3) is 5.91 Å². The van der Waals surface area contributed by atoms with Gasteiger partial charge in [0.1, 0.15) is 4.90 Å². The van der Waals surface area contributed by atoms with Crippen molar-refractivity contribution >= 4 is 27.7 Å². The number of carbonyl (C=O) groups is 1. The number of nitrogens with one attached hydrogen (secondary N) is 1. The van der Waals surface area contributed by atoms with E-state index in [9.17, 15) is 13.2 Å². The first kappa shape index (κ1) is 24.9. The lowest BCUT2D eigenvalue weighted by molar-refractivity contribution is -0.133. The van der Waals surface area contributed by atoms with Crippen LogP contribution in [0.15, 0.2) is 23.5 Å². The maximum Gasteiger partial charge on any atom is 0.272 e. The Morgan fingerprint density at radius 1 is 1.11 bits per heavy atom. The molecule has 1 N–H and O–H groups in total. The summed E-state index contributed by atoms with van der Waals surface area (Å²) < 4.78 is 35.3. The normalized spacial score (nSPS) is 21.6. The highest BCUT2D eigenvalue weighted by atomic mass is 32.2. The molecule has 5 rings (SSSR count). The van der Waals surface area contributed by atoms with Gasteiger partial charge in [-0.25, -0.2) is 13.4 Å². The largest absolute Gasteiger partial charge is 0.472 e. The van der Waals surface area contributed by atoms with E-state index in [2.05, 4.69) is 15.4 Å². The Morgan fingerprint density at radius 3 is 2.44 bits per heavy atom. The monoisotopic (exact) mass is 517 g/mol. The van der Waals surface area contributed by atoms with Gasteiger partial charge < -0.3 is 10.1 Å². The second kappa shape index (κ2) is 9.29. The summed E-state index contributed by atoms with van der Waals surface area (Å²) >= 11 is 0. The molecule has 0 unspecified atom stereocenters. The van der Waals surface area contributed by atoms with Gasteiger partial charge in [0.2, 0.25) is 16.0 Å². The minimum Gasteiger partial charge on any atom is -0.472 e. The quantitative estimate of drug-likeness (QED) is 0.621. The van der Waals surface area contributed by atoms with E-state index in [0.29, 0.717) is 43.4 Å². The van der Waals surface area contributed by atoms with Gasteiger partial charge in [-0.15, -0.1) is 0 Å². The number of ether oxygens (including phenoxy) is 1. The first-order valence-corrected chi connectivity index (χ1v) is 14.2. The van der Waals surface area contributed by atoms with E-state index in [4.69, 9.17) is 9.72 Å². The fourth-order valence-corrected chi connectivity index (χ4v) is 6.60. The molecule has 2 aromatic rings. The maximum absolute atomic E-state index is 13.2. The van der Waals surface area contributed by atoms with Crippen LogP contribution >= 0.6 is 0 Å². The van der Waals surface area contributed by atoms with Crippen LogP contribution in [0.4, 0.5) is 11.8 Å². The number of sulfonamides is 1. The summed E-state index contributed by atoms with van der Waals surface area (Å²) in [7, 11) is -3.59. The van der Waals surface area contributed by atoms with Gasteiger partial charge >= 0.3 is 0 Å². The lowest BCUT2D eigenvalue weighted by atomic mass is 10.0. The number of piperidine rings is 1. The first-order valence-electron chi connectivity index (χ1n) is 12.8. The van der Waals surface area contributed by atoms with Crippen molar-refractivity contribution < 1.29 is 17.9 Å². The molecule has 36 heavy (non-hydrogen) atoms. The number of hydrogen-bond acceptors (Lipinski definition) is 8. The summed E-state index contributed by atoms with van der Waals surface area (Å²) in [6.07, 6.45) is 9.98. The second-order valence-electron chi connectivity index (χ2n) is 10.7. The fourth-order valence-electron chi connectivity index (χ4n) is 5.19. The molecule has 11 nitrogen and oxygen atoms in total. The predicted octanol–water partition coefficient (Wildman–Crippen LogP) is 2.97.